The van der Waals surface area contributed by atoms with Crippen molar-refractivity contribution in [3.63, 3.8) is 0 Å². The molecule has 1 aromatic carbocycles. The van der Waals surface area contributed by atoms with Gasteiger partial charge in [0.25, 0.3) is 0 Å². The molecule has 0 amide bonds. The van der Waals surface area contributed by atoms with E-state index in [1.54, 1.807) is 6.07 Å². The Hall–Kier alpha value is -1.05. The van der Waals surface area contributed by atoms with Crippen LogP contribution in [0, 0.1) is 11.7 Å². The molecule has 2 heteroatoms. The third-order valence-corrected chi connectivity index (χ3v) is 2.16. The zero-order valence-electron chi connectivity index (χ0n) is 6.76. The summed E-state index contributed by atoms with van der Waals surface area (Å²) >= 11 is 0. The van der Waals surface area contributed by atoms with Gasteiger partial charge in [-0.05, 0) is 42.9 Å². The molecular weight excluding hydrogens is 155 g/mol. The summed E-state index contributed by atoms with van der Waals surface area (Å²) in [7, 11) is 0. The fraction of sp³-hybridized carbons (Fsp3) is 0.400. The Morgan fingerprint density at radius 2 is 2.08 bits per heavy atom. The minimum atomic E-state index is -0.342. The van der Waals surface area contributed by atoms with Gasteiger partial charge in [-0.1, -0.05) is 0 Å². The molecule has 0 atom stereocenters. The highest BCUT2D eigenvalue weighted by Crippen LogP contribution is 2.33. The van der Waals surface area contributed by atoms with E-state index in [2.05, 4.69) is 0 Å². The summed E-state index contributed by atoms with van der Waals surface area (Å²) in [6.45, 7) is 0. The molecule has 1 saturated carbocycles. The summed E-state index contributed by atoms with van der Waals surface area (Å²) in [4.78, 5) is 0. The number of phenols is 1. The van der Waals surface area contributed by atoms with Gasteiger partial charge in [-0.25, -0.2) is 4.39 Å². The van der Waals surface area contributed by atoms with Crippen LogP contribution in [0.2, 0.25) is 0 Å². The fourth-order valence-corrected chi connectivity index (χ4v) is 1.41. The zero-order chi connectivity index (χ0) is 8.55. The molecule has 1 fully saturated rings. The molecule has 0 aliphatic heterocycles. The van der Waals surface area contributed by atoms with E-state index in [1.165, 1.54) is 18.9 Å². The topological polar surface area (TPSA) is 20.2 Å². The summed E-state index contributed by atoms with van der Waals surface area (Å²) < 4.78 is 12.7. The molecule has 0 spiro atoms. The lowest BCUT2D eigenvalue weighted by Crippen LogP contribution is -1.87. The van der Waals surface area contributed by atoms with Gasteiger partial charge >= 0.3 is 0 Å². The van der Waals surface area contributed by atoms with Gasteiger partial charge in [0.15, 0.2) is 0 Å². The van der Waals surface area contributed by atoms with Gasteiger partial charge in [-0.2, -0.15) is 0 Å². The second kappa shape index (κ2) is 2.77. The number of benzene rings is 1. The van der Waals surface area contributed by atoms with E-state index < -0.39 is 0 Å². The van der Waals surface area contributed by atoms with E-state index in [0.29, 0.717) is 0 Å². The Labute approximate surface area is 70.8 Å². The Balaban J connectivity index is 2.18. The second-order valence-electron chi connectivity index (χ2n) is 3.47. The SMILES string of the molecule is Oc1cc(F)cc(CC2CC2)c1. The van der Waals surface area contributed by atoms with Gasteiger partial charge in [0.1, 0.15) is 11.6 Å². The highest BCUT2D eigenvalue weighted by atomic mass is 19.1. The van der Waals surface area contributed by atoms with Crippen LogP contribution in [-0.2, 0) is 6.42 Å². The maximum Gasteiger partial charge on any atom is 0.127 e. The predicted molar refractivity (Wildman–Crippen MR) is 44.5 cm³/mol. The summed E-state index contributed by atoms with van der Waals surface area (Å²) in [5, 5.41) is 9.09. The molecule has 64 valence electrons. The number of rotatable bonds is 2. The molecule has 1 nitrogen and oxygen atoms in total. The minimum absolute atomic E-state index is 0.0330. The average molecular weight is 166 g/mol. The number of halogens is 1. The molecule has 1 aliphatic carbocycles. The lowest BCUT2D eigenvalue weighted by Gasteiger charge is -2.00. The van der Waals surface area contributed by atoms with Crippen LogP contribution in [0.1, 0.15) is 18.4 Å². The van der Waals surface area contributed by atoms with Gasteiger partial charge in [0, 0.05) is 6.07 Å². The van der Waals surface area contributed by atoms with E-state index in [-0.39, 0.29) is 11.6 Å². The van der Waals surface area contributed by atoms with Gasteiger partial charge in [0.2, 0.25) is 0 Å². The van der Waals surface area contributed by atoms with Crippen molar-refractivity contribution < 1.29 is 9.50 Å². The monoisotopic (exact) mass is 166 g/mol. The highest BCUT2D eigenvalue weighted by molar-refractivity contribution is 5.28. The van der Waals surface area contributed by atoms with Gasteiger partial charge in [-0.15, -0.1) is 0 Å². The molecular formula is C10H11FO. The number of hydrogen-bond acceptors (Lipinski definition) is 1. The zero-order valence-corrected chi connectivity index (χ0v) is 6.76. The molecule has 12 heavy (non-hydrogen) atoms. The quantitative estimate of drug-likeness (QED) is 0.715. The second-order valence-corrected chi connectivity index (χ2v) is 3.47. The molecule has 1 N–H and O–H groups in total. The molecule has 0 aromatic heterocycles. The van der Waals surface area contributed by atoms with Crippen LogP contribution in [0.4, 0.5) is 4.39 Å². The van der Waals surface area contributed by atoms with E-state index >= 15 is 0 Å². The van der Waals surface area contributed by atoms with Crippen molar-refractivity contribution >= 4 is 0 Å². The lowest BCUT2D eigenvalue weighted by atomic mass is 10.1. The first-order chi connectivity index (χ1) is 5.74. The maximum absolute atomic E-state index is 12.7. The Morgan fingerprint density at radius 1 is 1.33 bits per heavy atom. The van der Waals surface area contributed by atoms with Crippen LogP contribution >= 0.6 is 0 Å². The first kappa shape index (κ1) is 7.59. The van der Waals surface area contributed by atoms with Crippen molar-refractivity contribution in [3.05, 3.63) is 29.6 Å². The normalized spacial score (nSPS) is 16.4. The van der Waals surface area contributed by atoms with E-state index in [4.69, 9.17) is 5.11 Å². The largest absolute Gasteiger partial charge is 0.508 e. The standard InChI is InChI=1S/C10H11FO/c11-9-4-8(3-7-1-2-7)5-10(12)6-9/h4-7,12H,1-3H2. The number of hydrogen-bond donors (Lipinski definition) is 1. The molecule has 0 bridgehead atoms. The molecule has 0 radical (unpaired) electrons. The van der Waals surface area contributed by atoms with Gasteiger partial charge < -0.3 is 5.11 Å². The average Bonchev–Trinajstić information content (AvgIpc) is 2.68. The molecule has 0 heterocycles. The van der Waals surface area contributed by atoms with Crippen LogP contribution < -0.4 is 0 Å². The van der Waals surface area contributed by atoms with Crippen molar-refractivity contribution in [2.24, 2.45) is 5.92 Å². The van der Waals surface area contributed by atoms with Crippen molar-refractivity contribution in [1.29, 1.82) is 0 Å². The fourth-order valence-electron chi connectivity index (χ4n) is 1.41. The molecule has 0 unspecified atom stereocenters. The van der Waals surface area contributed by atoms with Crippen molar-refractivity contribution in [2.45, 2.75) is 19.3 Å². The van der Waals surface area contributed by atoms with Crippen molar-refractivity contribution in [2.75, 3.05) is 0 Å². The Bertz CT molecular complexity index is 272. The first-order valence-electron chi connectivity index (χ1n) is 4.22. The summed E-state index contributed by atoms with van der Waals surface area (Å²) in [6.07, 6.45) is 3.40. The summed E-state index contributed by atoms with van der Waals surface area (Å²) in [5.41, 5.74) is 0.912. The third kappa shape index (κ3) is 1.76. The van der Waals surface area contributed by atoms with Crippen LogP contribution in [0.3, 0.4) is 0 Å². The van der Waals surface area contributed by atoms with Crippen LogP contribution in [0.5, 0.6) is 5.75 Å². The summed E-state index contributed by atoms with van der Waals surface area (Å²) in [6, 6.07) is 4.27. The third-order valence-electron chi connectivity index (χ3n) is 2.16. The van der Waals surface area contributed by atoms with Crippen molar-refractivity contribution in [3.8, 4) is 5.75 Å². The van der Waals surface area contributed by atoms with Crippen LogP contribution in [-0.4, -0.2) is 5.11 Å². The maximum atomic E-state index is 12.7. The smallest absolute Gasteiger partial charge is 0.127 e. The Morgan fingerprint density at radius 3 is 2.67 bits per heavy atom. The number of phenolic OH excluding ortho intramolecular Hbond substituents is 1. The van der Waals surface area contributed by atoms with Crippen LogP contribution in [0.15, 0.2) is 18.2 Å². The van der Waals surface area contributed by atoms with Gasteiger partial charge in [0.05, 0.1) is 0 Å². The minimum Gasteiger partial charge on any atom is -0.508 e. The molecule has 0 saturated heterocycles. The first-order valence-corrected chi connectivity index (χ1v) is 4.22. The highest BCUT2D eigenvalue weighted by Gasteiger charge is 2.21. The predicted octanol–water partition coefficient (Wildman–Crippen LogP) is 2.48. The van der Waals surface area contributed by atoms with E-state index in [1.807, 2.05) is 0 Å². The molecule has 1 aliphatic rings. The molecule has 1 aromatic rings. The van der Waals surface area contributed by atoms with E-state index in [0.717, 1.165) is 24.0 Å². The molecule has 2 rings (SSSR count). The summed E-state index contributed by atoms with van der Waals surface area (Å²) in [5.74, 6) is 0.419. The van der Waals surface area contributed by atoms with Gasteiger partial charge in [-0.3, -0.25) is 0 Å². The Kier molecular flexibility index (Phi) is 1.75. The van der Waals surface area contributed by atoms with Crippen molar-refractivity contribution in [1.82, 2.24) is 0 Å². The number of aromatic hydroxyl groups is 1. The van der Waals surface area contributed by atoms with E-state index in [9.17, 15) is 4.39 Å². The van der Waals surface area contributed by atoms with Crippen LogP contribution in [0.25, 0.3) is 0 Å². The lowest BCUT2D eigenvalue weighted by molar-refractivity contribution is 0.467.